The summed E-state index contributed by atoms with van der Waals surface area (Å²) in [5.41, 5.74) is -14.3. The topological polar surface area (TPSA) is 12.8 Å². The summed E-state index contributed by atoms with van der Waals surface area (Å²) in [7, 11) is 0. The molecule has 0 spiro atoms. The molecule has 0 aliphatic carbocycles. The van der Waals surface area contributed by atoms with Gasteiger partial charge in [-0.3, -0.25) is 0 Å². The Morgan fingerprint density at radius 2 is 0.379 bits per heavy atom. The van der Waals surface area contributed by atoms with Crippen molar-refractivity contribution < 1.29 is 92.5 Å². The molecule has 0 saturated carbocycles. The van der Waals surface area contributed by atoms with Crippen molar-refractivity contribution in [3.63, 3.8) is 0 Å². The van der Waals surface area contributed by atoms with E-state index in [1.54, 1.807) is 0 Å². The molecule has 6 rings (SSSR count). The minimum absolute atomic E-state index is 0.994. The fourth-order valence-corrected chi connectivity index (χ4v) is 6.03. The van der Waals surface area contributed by atoms with Crippen LogP contribution in [-0.2, 0) is 0 Å². The highest BCUT2D eigenvalue weighted by Gasteiger charge is 2.52. The number of para-hydroxylation sites is 2. The first-order chi connectivity index (χ1) is 27.2. The monoisotopic (exact) mass is 850 g/mol. The Bertz CT molecular complexity index is 2170. The van der Waals surface area contributed by atoms with E-state index < -0.39 is 144 Å². The van der Waals surface area contributed by atoms with Gasteiger partial charge in [-0.2, -0.15) is 0 Å². The van der Waals surface area contributed by atoms with Crippen LogP contribution in [0.4, 0.5) is 87.8 Å². The molecule has 0 aliphatic rings. The maximum absolute atomic E-state index is 15.4. The van der Waals surface area contributed by atoms with Gasteiger partial charge in [0, 0.05) is 24.3 Å². The van der Waals surface area contributed by atoms with Crippen molar-refractivity contribution in [3.05, 3.63) is 177 Å². The van der Waals surface area contributed by atoms with Gasteiger partial charge in [0.2, 0.25) is 0 Å². The summed E-state index contributed by atoms with van der Waals surface area (Å²) in [4.78, 5) is 0. The van der Waals surface area contributed by atoms with Gasteiger partial charge in [0.15, 0.2) is 69.8 Å². The third-order valence-electron chi connectivity index (χ3n) is 8.48. The van der Waals surface area contributed by atoms with Gasteiger partial charge in [0.1, 0.15) is 52.7 Å². The summed E-state index contributed by atoms with van der Waals surface area (Å²) in [5, 5.41) is 0. The van der Waals surface area contributed by atoms with E-state index in [1.807, 2.05) is 60.7 Å². The number of rotatable bonds is 6. The fraction of sp³-hybridized carbons (Fsp3) is 0. The Kier molecular flexibility index (Phi) is 11.8. The van der Waals surface area contributed by atoms with Gasteiger partial charge in [-0.1, -0.05) is 36.4 Å². The third kappa shape index (κ3) is 6.62. The SMILES string of the molecule is Fc1c(F)c(F)c([B-](c2c(F)c(F)c(F)c(F)c2F)(c2c(F)c(F)c(F)c(F)c2F)c2c(F)c(F)c(F)c(F)c2F)c(F)c1F.c1ccc([OH+]c2ccccc2)cc1. The van der Waals surface area contributed by atoms with Gasteiger partial charge in [0.05, 0.1) is 0 Å². The molecule has 0 amide bonds. The van der Waals surface area contributed by atoms with Crippen molar-refractivity contribution in [2.24, 2.45) is 0 Å². The van der Waals surface area contributed by atoms with E-state index in [0.717, 1.165) is 11.5 Å². The molecular formula is C36H11BF20O. The molecule has 0 saturated heterocycles. The molecule has 22 heteroatoms. The van der Waals surface area contributed by atoms with Crippen molar-refractivity contribution in [2.45, 2.75) is 0 Å². The van der Waals surface area contributed by atoms with Crippen molar-refractivity contribution in [1.82, 2.24) is 0 Å². The molecule has 0 bridgehead atoms. The molecule has 6 aromatic carbocycles. The zero-order chi connectivity index (χ0) is 43.3. The van der Waals surface area contributed by atoms with Crippen LogP contribution in [0.15, 0.2) is 60.7 Å². The van der Waals surface area contributed by atoms with E-state index in [9.17, 15) is 52.7 Å². The molecule has 0 aromatic heterocycles. The van der Waals surface area contributed by atoms with Gasteiger partial charge < -0.3 is 4.74 Å². The first-order valence-corrected chi connectivity index (χ1v) is 15.2. The van der Waals surface area contributed by atoms with E-state index in [0.29, 0.717) is 0 Å². The minimum atomic E-state index is -7.22. The van der Waals surface area contributed by atoms with Crippen LogP contribution in [0.25, 0.3) is 0 Å². The summed E-state index contributed by atoms with van der Waals surface area (Å²) in [6.45, 7) is 0. The summed E-state index contributed by atoms with van der Waals surface area (Å²) in [6.07, 6.45) is -7.22. The lowest BCUT2D eigenvalue weighted by Gasteiger charge is -2.44. The molecule has 0 aliphatic heterocycles. The first-order valence-electron chi connectivity index (χ1n) is 15.2. The predicted molar refractivity (Wildman–Crippen MR) is 163 cm³/mol. The molecule has 0 heterocycles. The van der Waals surface area contributed by atoms with Crippen LogP contribution in [0.5, 0.6) is 11.5 Å². The van der Waals surface area contributed by atoms with Crippen molar-refractivity contribution in [3.8, 4) is 11.5 Å². The maximum Gasteiger partial charge on any atom is 0.260 e. The average molecular weight is 850 g/mol. The molecular weight excluding hydrogens is 839 g/mol. The van der Waals surface area contributed by atoms with E-state index in [1.165, 1.54) is 0 Å². The standard InChI is InChI=1S/C24BF20.C12H10O/c26-5-1(6(27)14(35)21(42)13(5)34)25(2-7(28)15(36)22(43)16(37)8(2)29,3-9(30)17(38)23(44)18(39)10(3)31)4-11(32)19(40)24(45)20(41)12(4)33;1-3-7-11(8-4-1)13-12-9-5-2-6-10-12/h;1-10H/q-1;/p+1. The van der Waals surface area contributed by atoms with E-state index >= 15 is 35.1 Å². The third-order valence-corrected chi connectivity index (χ3v) is 8.48. The predicted octanol–water partition coefficient (Wildman–Crippen LogP) is 9.19. The molecule has 304 valence electrons. The van der Waals surface area contributed by atoms with Crippen LogP contribution in [0, 0.1) is 116 Å². The molecule has 58 heavy (non-hydrogen) atoms. The van der Waals surface area contributed by atoms with Crippen LogP contribution in [0.3, 0.4) is 0 Å². The van der Waals surface area contributed by atoms with Gasteiger partial charge in [-0.15, -0.1) is 21.9 Å². The van der Waals surface area contributed by atoms with Crippen LogP contribution in [0.1, 0.15) is 0 Å². The number of benzene rings is 6. The zero-order valence-corrected chi connectivity index (χ0v) is 27.4. The normalized spacial score (nSPS) is 11.4. The molecule has 6 aromatic rings. The number of hydrogen-bond acceptors (Lipinski definition) is 0. The Balaban J connectivity index is 0.000000414. The van der Waals surface area contributed by atoms with Gasteiger partial charge in [-0.05, 0) is 0 Å². The molecule has 0 radical (unpaired) electrons. The molecule has 0 unspecified atom stereocenters. The summed E-state index contributed by atoms with van der Waals surface area (Å²) >= 11 is 0. The van der Waals surface area contributed by atoms with Crippen molar-refractivity contribution in [1.29, 1.82) is 0 Å². The highest BCUT2D eigenvalue weighted by Crippen LogP contribution is 2.31. The van der Waals surface area contributed by atoms with Gasteiger partial charge in [0.25, 0.3) is 11.5 Å². The van der Waals surface area contributed by atoms with Crippen molar-refractivity contribution >= 4 is 28.0 Å². The summed E-state index contributed by atoms with van der Waals surface area (Å²) < 4.78 is 298. The second kappa shape index (κ2) is 16.0. The molecule has 1 nitrogen and oxygen atoms in total. The van der Waals surface area contributed by atoms with Gasteiger partial charge in [-0.25, -0.2) is 87.8 Å². The van der Waals surface area contributed by atoms with Crippen LogP contribution >= 0.6 is 0 Å². The van der Waals surface area contributed by atoms with Crippen LogP contribution in [-0.4, -0.2) is 10.9 Å². The van der Waals surface area contributed by atoms with Crippen molar-refractivity contribution in [2.75, 3.05) is 0 Å². The number of aromatic hydroxyl groups is 2. The number of hydrogen-bond donors (Lipinski definition) is 0. The van der Waals surface area contributed by atoms with E-state index in [2.05, 4.69) is 4.74 Å². The second-order valence-corrected chi connectivity index (χ2v) is 11.6. The van der Waals surface area contributed by atoms with Crippen LogP contribution in [0.2, 0.25) is 0 Å². The highest BCUT2D eigenvalue weighted by atomic mass is 19.2. The summed E-state index contributed by atoms with van der Waals surface area (Å²) in [6, 6.07) is 19.9. The lowest BCUT2D eigenvalue weighted by Crippen LogP contribution is -2.81. The smallest absolute Gasteiger partial charge is 0.260 e. The molecule has 0 fully saturated rings. The number of halogens is 20. The lowest BCUT2D eigenvalue weighted by atomic mass is 9.12. The molecule has 1 N–H and O–H groups in total. The Labute approximate surface area is 309 Å². The fourth-order valence-electron chi connectivity index (χ4n) is 6.03. The Hall–Kier alpha value is -6.22. The average Bonchev–Trinajstić information content (AvgIpc) is 3.21. The number of ether oxygens (including phenoxy) is 1. The Morgan fingerprint density at radius 3 is 0.552 bits per heavy atom. The molecule has 0 atom stereocenters. The largest absolute Gasteiger partial charge is 0.546 e. The van der Waals surface area contributed by atoms with Crippen LogP contribution < -0.4 is 21.9 Å². The maximum atomic E-state index is 15.4. The van der Waals surface area contributed by atoms with Gasteiger partial charge >= 0.3 is 0 Å². The quantitative estimate of drug-likeness (QED) is 0.0522. The Morgan fingerprint density at radius 1 is 0.224 bits per heavy atom. The highest BCUT2D eigenvalue weighted by molar-refractivity contribution is 7.20. The first kappa shape index (κ1) is 42.9. The van der Waals surface area contributed by atoms with E-state index in [4.69, 9.17) is 0 Å². The lowest BCUT2D eigenvalue weighted by molar-refractivity contribution is 0.199. The minimum Gasteiger partial charge on any atom is -0.546 e. The second-order valence-electron chi connectivity index (χ2n) is 11.6. The zero-order valence-electron chi connectivity index (χ0n) is 27.4. The van der Waals surface area contributed by atoms with E-state index in [-0.39, 0.29) is 0 Å². The summed E-state index contributed by atoms with van der Waals surface area (Å²) in [5.74, 6) is -69.4.